The summed E-state index contributed by atoms with van der Waals surface area (Å²) in [5.74, 6) is -1.90. The molecule has 12 nitrogen and oxygen atoms in total. The number of phenols is 2. The lowest BCUT2D eigenvalue weighted by Crippen LogP contribution is -2.46. The second kappa shape index (κ2) is 19.5. The maximum absolute atomic E-state index is 14.0. The van der Waals surface area contributed by atoms with Crippen molar-refractivity contribution in [1.82, 2.24) is 21.3 Å². The third-order valence-corrected chi connectivity index (χ3v) is 12.4. The van der Waals surface area contributed by atoms with Crippen molar-refractivity contribution < 1.29 is 38.9 Å². The lowest BCUT2D eigenvalue weighted by Gasteiger charge is -2.21. The smallest absolute Gasteiger partial charge is 0.258 e. The molecule has 10 bridgehead atoms. The summed E-state index contributed by atoms with van der Waals surface area (Å²) in [5.41, 5.74) is 6.34. The number of rotatable bonds is 2. The molecule has 0 radical (unpaired) electrons. The first-order valence-corrected chi connectivity index (χ1v) is 22.2. The van der Waals surface area contributed by atoms with Gasteiger partial charge in [0.1, 0.15) is 28.9 Å². The molecule has 66 heavy (non-hydrogen) atoms. The van der Waals surface area contributed by atoms with Crippen LogP contribution in [0.15, 0.2) is 127 Å². The highest BCUT2D eigenvalue weighted by molar-refractivity contribution is 6.05. The van der Waals surface area contributed by atoms with Gasteiger partial charge < -0.3 is 41.0 Å². The average Bonchev–Trinajstić information content (AvgIpc) is 3.32. The number of fused-ring (bicyclic) bond motifs is 4. The Labute approximate surface area is 382 Å². The number of nitrogens with one attached hydrogen (secondary N) is 4. The summed E-state index contributed by atoms with van der Waals surface area (Å²) in [5, 5.41) is 38.7. The van der Waals surface area contributed by atoms with Crippen molar-refractivity contribution in [3.63, 3.8) is 0 Å². The minimum Gasteiger partial charge on any atom is -0.507 e. The Morgan fingerprint density at radius 2 is 0.788 bits per heavy atom. The van der Waals surface area contributed by atoms with Crippen LogP contribution in [0.1, 0.15) is 50.1 Å². The molecule has 1 aliphatic carbocycles. The second-order valence-corrected chi connectivity index (χ2v) is 16.8. The fourth-order valence-electron chi connectivity index (χ4n) is 9.12. The molecule has 7 aromatic carbocycles. The number of carbonyl (C=O) groups is 4. The summed E-state index contributed by atoms with van der Waals surface area (Å²) < 4.78 is 12.7. The molecule has 4 amide bonds. The standard InChI is InChI=1S/C54H50N4O8/c59-47-31-65-51-39-15-7-17-41(51)28-37-13-6-14-38(50(37)62)29-42-18-8-16-40(27-36-12-5-11-35(26-39)49(36)61)52(42)66-32-48(60)56-22-24-58-54(64)46(53(63)57-23-21-55-47)30-45-43-19-3-1-9-33(43)25-34-10-2-4-20-44(34)45/h1-20,25,46,61-62H,21-24,26-32H2,(H,55,59)(H,56,60)(H,57,63)(H,58,64). The first kappa shape index (κ1) is 43.4. The van der Waals surface area contributed by atoms with Gasteiger partial charge in [-0.3, -0.25) is 19.2 Å². The monoisotopic (exact) mass is 882 g/mol. The van der Waals surface area contributed by atoms with Crippen LogP contribution in [0.3, 0.4) is 0 Å². The molecule has 2 aliphatic rings. The molecule has 6 N–H and O–H groups in total. The Balaban J connectivity index is 1.05. The Kier molecular flexibility index (Phi) is 12.8. The number of benzene rings is 7. The molecular formula is C54H50N4O8. The van der Waals surface area contributed by atoms with Crippen LogP contribution in [0.25, 0.3) is 21.5 Å². The van der Waals surface area contributed by atoms with Gasteiger partial charge in [0.2, 0.25) is 11.8 Å². The summed E-state index contributed by atoms with van der Waals surface area (Å²) in [4.78, 5) is 54.9. The summed E-state index contributed by atoms with van der Waals surface area (Å²) in [6, 6.07) is 40.3. The maximum Gasteiger partial charge on any atom is 0.258 e. The quantitative estimate of drug-likeness (QED) is 0.0883. The van der Waals surface area contributed by atoms with E-state index in [0.29, 0.717) is 33.8 Å². The number of aromatic hydroxyl groups is 2. The molecule has 334 valence electrons. The zero-order valence-corrected chi connectivity index (χ0v) is 36.3. The fourth-order valence-corrected chi connectivity index (χ4v) is 9.12. The summed E-state index contributed by atoms with van der Waals surface area (Å²) in [6.07, 6.45) is 1.20. The number of amides is 4. The molecule has 0 spiro atoms. The van der Waals surface area contributed by atoms with Gasteiger partial charge in [0, 0.05) is 51.9 Å². The Bertz CT molecular complexity index is 2720. The van der Waals surface area contributed by atoms with E-state index in [2.05, 4.69) is 27.3 Å². The molecule has 0 aromatic heterocycles. The number of hydrogen-bond acceptors (Lipinski definition) is 8. The highest BCUT2D eigenvalue weighted by Crippen LogP contribution is 2.38. The van der Waals surface area contributed by atoms with Crippen molar-refractivity contribution in [1.29, 1.82) is 0 Å². The minimum atomic E-state index is -1.14. The summed E-state index contributed by atoms with van der Waals surface area (Å²) in [6.45, 7) is -0.482. The lowest BCUT2D eigenvalue weighted by molar-refractivity contribution is -0.135. The minimum absolute atomic E-state index is 0.0403. The highest BCUT2D eigenvalue weighted by Gasteiger charge is 2.29. The van der Waals surface area contributed by atoms with E-state index in [9.17, 15) is 29.4 Å². The van der Waals surface area contributed by atoms with Gasteiger partial charge in [-0.2, -0.15) is 0 Å². The largest absolute Gasteiger partial charge is 0.507 e. The van der Waals surface area contributed by atoms with Gasteiger partial charge in [-0.25, -0.2) is 0 Å². The van der Waals surface area contributed by atoms with Crippen LogP contribution in [0.2, 0.25) is 0 Å². The molecule has 0 atom stereocenters. The molecular weight excluding hydrogens is 833 g/mol. The van der Waals surface area contributed by atoms with E-state index < -0.39 is 29.5 Å². The highest BCUT2D eigenvalue weighted by atomic mass is 16.5. The predicted octanol–water partition coefficient (Wildman–Crippen LogP) is 6.18. The zero-order chi connectivity index (χ0) is 45.6. The molecule has 9 rings (SSSR count). The van der Waals surface area contributed by atoms with Crippen LogP contribution >= 0.6 is 0 Å². The van der Waals surface area contributed by atoms with Gasteiger partial charge in [-0.15, -0.1) is 0 Å². The van der Waals surface area contributed by atoms with Gasteiger partial charge in [0.15, 0.2) is 13.2 Å². The molecule has 1 heterocycles. The van der Waals surface area contributed by atoms with E-state index in [1.54, 1.807) is 0 Å². The van der Waals surface area contributed by atoms with Gasteiger partial charge >= 0.3 is 0 Å². The molecule has 0 saturated carbocycles. The van der Waals surface area contributed by atoms with Crippen LogP contribution in [0.4, 0.5) is 0 Å². The lowest BCUT2D eigenvalue weighted by atomic mass is 9.89. The van der Waals surface area contributed by atoms with Crippen molar-refractivity contribution in [2.75, 3.05) is 39.4 Å². The van der Waals surface area contributed by atoms with Gasteiger partial charge in [-0.05, 0) is 84.1 Å². The second-order valence-electron chi connectivity index (χ2n) is 16.8. The van der Waals surface area contributed by atoms with Crippen LogP contribution in [0.5, 0.6) is 23.0 Å². The molecule has 1 aliphatic heterocycles. The van der Waals surface area contributed by atoms with Gasteiger partial charge in [-0.1, -0.05) is 121 Å². The maximum atomic E-state index is 14.0. The van der Waals surface area contributed by atoms with Crippen LogP contribution in [-0.2, 0) is 51.3 Å². The van der Waals surface area contributed by atoms with Gasteiger partial charge in [0.05, 0.1) is 0 Å². The predicted molar refractivity (Wildman–Crippen MR) is 252 cm³/mol. The SMILES string of the molecule is O=C1COc2c3cccc2Cc2cccc(c2O)Cc2cccc(c2OCC(=O)NCCNC(=O)C(Cc2c4ccccc4cc4ccccc24)C(=O)NCCN1)Cc1cccc(c1O)C3. The van der Waals surface area contributed by atoms with Crippen molar-refractivity contribution in [2.45, 2.75) is 32.1 Å². The van der Waals surface area contributed by atoms with Crippen molar-refractivity contribution in [3.05, 3.63) is 177 Å². The normalized spacial score (nSPS) is 15.6. The van der Waals surface area contributed by atoms with Crippen molar-refractivity contribution in [2.24, 2.45) is 5.92 Å². The van der Waals surface area contributed by atoms with E-state index >= 15 is 0 Å². The molecule has 0 fully saturated rings. The van der Waals surface area contributed by atoms with Crippen LogP contribution in [-0.4, -0.2) is 73.2 Å². The van der Waals surface area contributed by atoms with Crippen LogP contribution < -0.4 is 30.7 Å². The topological polar surface area (TPSA) is 175 Å². The summed E-state index contributed by atoms with van der Waals surface area (Å²) >= 11 is 0. The molecule has 7 aromatic rings. The van der Waals surface area contributed by atoms with E-state index in [0.717, 1.165) is 49.4 Å². The number of hydrogen-bond donors (Lipinski definition) is 6. The molecule has 12 heteroatoms. The Hall–Kier alpha value is -7.86. The Morgan fingerprint density at radius 3 is 1.18 bits per heavy atom. The zero-order valence-electron chi connectivity index (χ0n) is 36.3. The van der Waals surface area contributed by atoms with E-state index in [1.807, 2.05) is 121 Å². The first-order valence-electron chi connectivity index (χ1n) is 22.2. The first-order chi connectivity index (χ1) is 32.2. The van der Waals surface area contributed by atoms with E-state index in [4.69, 9.17) is 9.47 Å². The van der Waals surface area contributed by atoms with E-state index in [-0.39, 0.29) is 83.0 Å². The van der Waals surface area contributed by atoms with Crippen LogP contribution in [0, 0.1) is 5.92 Å². The number of carbonyl (C=O) groups excluding carboxylic acids is 4. The third kappa shape index (κ3) is 9.49. The molecule has 0 unspecified atom stereocenters. The third-order valence-electron chi connectivity index (χ3n) is 12.4. The fraction of sp³-hybridized carbons (Fsp3) is 0.222. The number of phenolic OH excluding ortho intramolecular Hbond substituents is 2. The average molecular weight is 883 g/mol. The van der Waals surface area contributed by atoms with E-state index in [1.165, 1.54) is 0 Å². The Morgan fingerprint density at radius 1 is 0.439 bits per heavy atom. The van der Waals surface area contributed by atoms with Crippen molar-refractivity contribution >= 4 is 45.2 Å². The number of ether oxygens (including phenoxy) is 2. The summed E-state index contributed by atoms with van der Waals surface area (Å²) in [7, 11) is 0. The van der Waals surface area contributed by atoms with Gasteiger partial charge in [0.25, 0.3) is 11.8 Å². The van der Waals surface area contributed by atoms with Crippen molar-refractivity contribution in [3.8, 4) is 23.0 Å². The molecule has 0 saturated heterocycles. The number of para-hydroxylation sites is 4.